The Morgan fingerprint density at radius 3 is 2.38 bits per heavy atom. The van der Waals surface area contributed by atoms with Crippen LogP contribution in [0.5, 0.6) is 0 Å². The molecule has 0 aromatic carbocycles. The molecule has 0 spiro atoms. The van der Waals surface area contributed by atoms with E-state index in [1.165, 1.54) is 51.4 Å². The molecule has 2 heteroatoms. The molecule has 0 N–H and O–H groups in total. The van der Waals surface area contributed by atoms with E-state index in [9.17, 15) is 4.79 Å². The van der Waals surface area contributed by atoms with E-state index in [1.807, 2.05) is 5.57 Å². The average molecular weight is 443 g/mol. The lowest BCUT2D eigenvalue weighted by Gasteiger charge is -2.58. The highest BCUT2D eigenvalue weighted by Crippen LogP contribution is 2.67. The maximum absolute atomic E-state index is 11.5. The van der Waals surface area contributed by atoms with Gasteiger partial charge in [-0.25, -0.2) is 0 Å². The van der Waals surface area contributed by atoms with Crippen LogP contribution in [0.3, 0.4) is 0 Å². The van der Waals surface area contributed by atoms with Gasteiger partial charge in [-0.05, 0) is 104 Å². The molecule has 0 amide bonds. The highest BCUT2D eigenvalue weighted by molar-refractivity contribution is 5.66. The lowest BCUT2D eigenvalue weighted by atomic mass is 9.47. The SMILES string of the molecule is CC(=O)O[C@@H]1CC[C@@]2(C)[C@@H](CC=C3[C@H]2CC[C@]2(C)[C@@H]3CC[C@@H]2[C@H](C)CC[C@@H](C)C(C)C)C1. The van der Waals surface area contributed by atoms with E-state index in [-0.39, 0.29) is 12.1 Å². The molecule has 0 unspecified atom stereocenters. The normalized spacial score (nSPS) is 43.0. The summed E-state index contributed by atoms with van der Waals surface area (Å²) in [6.45, 7) is 16.6. The average Bonchev–Trinajstić information content (AvgIpc) is 3.08. The van der Waals surface area contributed by atoms with Crippen molar-refractivity contribution in [1.82, 2.24) is 0 Å². The molecule has 9 atom stereocenters. The number of carbonyl (C=O) groups excluding carboxylic acids is 1. The molecule has 32 heavy (non-hydrogen) atoms. The van der Waals surface area contributed by atoms with Gasteiger partial charge in [-0.3, -0.25) is 4.79 Å². The quantitative estimate of drug-likeness (QED) is 0.306. The van der Waals surface area contributed by atoms with E-state index in [0.717, 1.165) is 48.3 Å². The number of rotatable bonds is 6. The van der Waals surface area contributed by atoms with Crippen LogP contribution in [0.25, 0.3) is 0 Å². The van der Waals surface area contributed by atoms with Crippen LogP contribution < -0.4 is 0 Å². The van der Waals surface area contributed by atoms with Gasteiger partial charge in [-0.1, -0.05) is 66.0 Å². The van der Waals surface area contributed by atoms with Crippen molar-refractivity contribution in [3.63, 3.8) is 0 Å². The summed E-state index contributed by atoms with van der Waals surface area (Å²) in [5.74, 6) is 5.58. The van der Waals surface area contributed by atoms with E-state index >= 15 is 0 Å². The Kier molecular flexibility index (Phi) is 6.92. The first-order chi connectivity index (χ1) is 15.1. The summed E-state index contributed by atoms with van der Waals surface area (Å²) in [6, 6.07) is 0. The van der Waals surface area contributed by atoms with Crippen LogP contribution in [-0.4, -0.2) is 12.1 Å². The first kappa shape index (κ1) is 24.3. The van der Waals surface area contributed by atoms with Gasteiger partial charge in [0.15, 0.2) is 0 Å². The molecule has 0 aromatic heterocycles. The van der Waals surface area contributed by atoms with E-state index < -0.39 is 0 Å². The molecule has 3 fully saturated rings. The van der Waals surface area contributed by atoms with Crippen LogP contribution in [0.1, 0.15) is 113 Å². The molecule has 0 radical (unpaired) electrons. The first-order valence-corrected chi connectivity index (χ1v) is 13.9. The van der Waals surface area contributed by atoms with E-state index in [0.29, 0.717) is 16.7 Å². The van der Waals surface area contributed by atoms with Gasteiger partial charge < -0.3 is 4.74 Å². The van der Waals surface area contributed by atoms with Crippen LogP contribution in [0.2, 0.25) is 0 Å². The summed E-state index contributed by atoms with van der Waals surface area (Å²) in [6.07, 6.45) is 15.9. The van der Waals surface area contributed by atoms with Gasteiger partial charge in [0.25, 0.3) is 0 Å². The summed E-state index contributed by atoms with van der Waals surface area (Å²) < 4.78 is 5.64. The van der Waals surface area contributed by atoms with Gasteiger partial charge in [-0.2, -0.15) is 0 Å². The smallest absolute Gasteiger partial charge is 0.302 e. The molecular formula is C30H50O2. The minimum absolute atomic E-state index is 0.104. The van der Waals surface area contributed by atoms with Gasteiger partial charge in [0, 0.05) is 6.92 Å². The van der Waals surface area contributed by atoms with Gasteiger partial charge >= 0.3 is 5.97 Å². The molecule has 0 bridgehead atoms. The van der Waals surface area contributed by atoms with Crippen molar-refractivity contribution in [3.05, 3.63) is 11.6 Å². The number of hydrogen-bond donors (Lipinski definition) is 0. The zero-order valence-corrected chi connectivity index (χ0v) is 22.1. The Bertz CT molecular complexity index is 722. The number of esters is 1. The predicted molar refractivity (Wildman–Crippen MR) is 133 cm³/mol. The number of hydrogen-bond acceptors (Lipinski definition) is 2. The Balaban J connectivity index is 1.47. The van der Waals surface area contributed by atoms with Crippen molar-refractivity contribution in [1.29, 1.82) is 0 Å². The Labute approximate surface area is 198 Å². The van der Waals surface area contributed by atoms with Crippen molar-refractivity contribution in [2.24, 2.45) is 52.3 Å². The number of fused-ring (bicyclic) bond motifs is 5. The molecule has 0 aliphatic heterocycles. The van der Waals surface area contributed by atoms with Crippen molar-refractivity contribution in [2.45, 2.75) is 119 Å². The summed E-state index contributed by atoms with van der Waals surface area (Å²) in [7, 11) is 0. The molecule has 4 rings (SSSR count). The Morgan fingerprint density at radius 2 is 1.69 bits per heavy atom. The molecular weight excluding hydrogens is 392 g/mol. The van der Waals surface area contributed by atoms with E-state index in [1.54, 1.807) is 6.92 Å². The third-order valence-corrected chi connectivity index (χ3v) is 11.3. The van der Waals surface area contributed by atoms with Gasteiger partial charge in [-0.15, -0.1) is 0 Å². The second kappa shape index (κ2) is 9.10. The van der Waals surface area contributed by atoms with E-state index in [4.69, 9.17) is 4.74 Å². The fraction of sp³-hybridized carbons (Fsp3) is 0.900. The van der Waals surface area contributed by atoms with E-state index in [2.05, 4.69) is 47.6 Å². The van der Waals surface area contributed by atoms with Gasteiger partial charge in [0.1, 0.15) is 6.10 Å². The second-order valence-electron chi connectivity index (χ2n) is 13.3. The van der Waals surface area contributed by atoms with Gasteiger partial charge in [0.05, 0.1) is 0 Å². The van der Waals surface area contributed by atoms with Crippen LogP contribution in [0, 0.1) is 52.3 Å². The molecule has 4 aliphatic carbocycles. The van der Waals surface area contributed by atoms with Crippen molar-refractivity contribution < 1.29 is 9.53 Å². The second-order valence-corrected chi connectivity index (χ2v) is 13.3. The van der Waals surface area contributed by atoms with Crippen LogP contribution in [0.4, 0.5) is 0 Å². The van der Waals surface area contributed by atoms with Crippen LogP contribution in [0.15, 0.2) is 11.6 Å². The Hall–Kier alpha value is -0.790. The summed E-state index contributed by atoms with van der Waals surface area (Å²) >= 11 is 0. The minimum atomic E-state index is -0.104. The van der Waals surface area contributed by atoms with Crippen LogP contribution in [-0.2, 0) is 9.53 Å². The number of carbonyl (C=O) groups is 1. The molecule has 182 valence electrons. The molecule has 0 saturated heterocycles. The largest absolute Gasteiger partial charge is 0.463 e. The highest BCUT2D eigenvalue weighted by Gasteiger charge is 2.58. The third kappa shape index (κ3) is 4.22. The lowest BCUT2D eigenvalue weighted by molar-refractivity contribution is -0.152. The summed E-state index contributed by atoms with van der Waals surface area (Å²) in [5.41, 5.74) is 2.79. The summed E-state index contributed by atoms with van der Waals surface area (Å²) in [4.78, 5) is 11.5. The molecule has 3 saturated carbocycles. The summed E-state index contributed by atoms with van der Waals surface area (Å²) in [5, 5.41) is 0. The molecule has 0 aromatic rings. The van der Waals surface area contributed by atoms with Gasteiger partial charge in [0.2, 0.25) is 0 Å². The third-order valence-electron chi connectivity index (χ3n) is 11.3. The predicted octanol–water partition coefficient (Wildman–Crippen LogP) is 8.21. The fourth-order valence-corrected chi connectivity index (χ4v) is 8.85. The standard InChI is InChI=1S/C30H50O2/c1-19(2)20(3)8-9-21(4)26-12-13-27-25-11-10-23-18-24(32-22(5)31)14-16-29(23,6)28(25)15-17-30(26,27)7/h11,19-21,23-24,26-28H,8-10,12-18H2,1-7H3/t20-,21-,23+,24-,26-,27-,28-,29+,30+/m1/s1. The van der Waals surface area contributed by atoms with Crippen molar-refractivity contribution in [2.75, 3.05) is 0 Å². The zero-order chi connectivity index (χ0) is 23.3. The number of ether oxygens (including phenoxy) is 1. The molecule has 0 heterocycles. The van der Waals surface area contributed by atoms with Crippen molar-refractivity contribution in [3.8, 4) is 0 Å². The lowest BCUT2D eigenvalue weighted by Crippen LogP contribution is -2.50. The Morgan fingerprint density at radius 1 is 1.00 bits per heavy atom. The maximum atomic E-state index is 11.5. The molecule has 4 aliphatic rings. The topological polar surface area (TPSA) is 26.3 Å². The number of allylic oxidation sites excluding steroid dienone is 2. The van der Waals surface area contributed by atoms with Crippen LogP contribution >= 0.6 is 0 Å². The van der Waals surface area contributed by atoms with Crippen molar-refractivity contribution >= 4 is 5.97 Å². The highest BCUT2D eigenvalue weighted by atomic mass is 16.5. The monoisotopic (exact) mass is 442 g/mol. The first-order valence-electron chi connectivity index (χ1n) is 13.9. The maximum Gasteiger partial charge on any atom is 0.302 e. The minimum Gasteiger partial charge on any atom is -0.463 e. The zero-order valence-electron chi connectivity index (χ0n) is 22.1. The molecule has 2 nitrogen and oxygen atoms in total. The fourth-order valence-electron chi connectivity index (χ4n) is 8.85.